The minimum atomic E-state index is 0.201. The van der Waals surface area contributed by atoms with Gasteiger partial charge in [-0.25, -0.2) is 0 Å². The summed E-state index contributed by atoms with van der Waals surface area (Å²) in [4.78, 5) is 0. The molecule has 88 valence electrons. The van der Waals surface area contributed by atoms with Gasteiger partial charge in [0.2, 0.25) is 0 Å². The topological polar surface area (TPSA) is 0 Å². The molecule has 0 amide bonds. The maximum Gasteiger partial charge on any atom is 0.0935 e. The van der Waals surface area contributed by atoms with Crippen LogP contribution in [0.5, 0.6) is 0 Å². The molecule has 4 unspecified atom stereocenters. The first kappa shape index (κ1) is 11.5. The van der Waals surface area contributed by atoms with Gasteiger partial charge in [-0.3, -0.25) is 0 Å². The molecule has 0 aromatic heterocycles. The predicted molar refractivity (Wildman–Crippen MR) is 80.6 cm³/mol. The molecule has 3 saturated carbocycles. The van der Waals surface area contributed by atoms with E-state index in [9.17, 15) is 0 Å². The lowest BCUT2D eigenvalue weighted by atomic mass is 9.73. The molecule has 0 spiro atoms. The minimum absolute atomic E-state index is 0.201. The van der Waals surface area contributed by atoms with Gasteiger partial charge in [0.25, 0.3) is 0 Å². The van der Waals surface area contributed by atoms with Gasteiger partial charge in [-0.1, -0.05) is 75.9 Å². The van der Waals surface area contributed by atoms with Crippen LogP contribution in [-0.2, 0) is 0 Å². The maximum absolute atomic E-state index is 3.99. The summed E-state index contributed by atoms with van der Waals surface area (Å²) in [5.74, 6) is 1.65. The van der Waals surface area contributed by atoms with Crippen LogP contribution in [0.2, 0.25) is 0 Å². The number of hydrogen-bond acceptors (Lipinski definition) is 0. The van der Waals surface area contributed by atoms with Gasteiger partial charge < -0.3 is 0 Å². The van der Waals surface area contributed by atoms with Gasteiger partial charge in [-0.15, -0.1) is 0 Å². The van der Waals surface area contributed by atoms with Crippen molar-refractivity contribution in [1.82, 2.24) is 0 Å². The summed E-state index contributed by atoms with van der Waals surface area (Å²) < 4.78 is 0.459. The Morgan fingerprint density at radius 2 is 1.25 bits per heavy atom. The van der Waals surface area contributed by atoms with Crippen LogP contribution in [0, 0.1) is 22.7 Å². The van der Waals surface area contributed by atoms with E-state index in [1.807, 2.05) is 0 Å². The average Bonchev–Trinajstić information content (AvgIpc) is 2.93. The van der Waals surface area contributed by atoms with Gasteiger partial charge >= 0.3 is 0 Å². The van der Waals surface area contributed by atoms with Crippen LogP contribution < -0.4 is 0 Å². The normalized spacial score (nSPS) is 58.2. The van der Waals surface area contributed by atoms with Gasteiger partial charge in [-0.05, 0) is 37.5 Å². The van der Waals surface area contributed by atoms with Crippen LogP contribution in [0.3, 0.4) is 0 Å². The molecule has 0 radical (unpaired) electrons. The van der Waals surface area contributed by atoms with Crippen LogP contribution >= 0.6 is 63.7 Å². The summed E-state index contributed by atoms with van der Waals surface area (Å²) in [6.07, 6.45) is 9.93. The van der Waals surface area contributed by atoms with Crippen molar-refractivity contribution in [2.75, 3.05) is 0 Å². The fourth-order valence-corrected chi connectivity index (χ4v) is 8.81. The summed E-state index contributed by atoms with van der Waals surface area (Å²) in [6.45, 7) is 0. The highest BCUT2D eigenvalue weighted by Gasteiger charge is 2.90. The molecule has 0 aromatic rings. The molecule has 0 aliphatic heterocycles. The van der Waals surface area contributed by atoms with E-state index >= 15 is 0 Å². The Bertz CT molecular complexity index is 379. The first-order valence-corrected chi connectivity index (χ1v) is 8.97. The predicted octanol–water partition coefficient (Wildman–Crippen LogP) is 5.33. The van der Waals surface area contributed by atoms with E-state index < -0.39 is 0 Å². The van der Waals surface area contributed by atoms with Crippen molar-refractivity contribution in [2.24, 2.45) is 22.7 Å². The number of fused-ring (bicyclic) bond motifs is 1. The number of allylic oxidation sites excluding steroid dienone is 2. The molecule has 3 fully saturated rings. The molecular formula is C12H12Br4. The number of hydrogen-bond donors (Lipinski definition) is 0. The van der Waals surface area contributed by atoms with Crippen LogP contribution in [-0.4, -0.2) is 6.47 Å². The van der Waals surface area contributed by atoms with E-state index in [1.54, 1.807) is 0 Å². The van der Waals surface area contributed by atoms with Crippen molar-refractivity contribution >= 4 is 63.7 Å². The summed E-state index contributed by atoms with van der Waals surface area (Å²) >= 11 is 15.7. The Kier molecular flexibility index (Phi) is 2.07. The Balaban J connectivity index is 1.78. The lowest BCUT2D eigenvalue weighted by Gasteiger charge is -2.29. The van der Waals surface area contributed by atoms with E-state index in [0.29, 0.717) is 10.8 Å². The van der Waals surface area contributed by atoms with Crippen molar-refractivity contribution in [2.45, 2.75) is 32.2 Å². The molecule has 0 bridgehead atoms. The smallest absolute Gasteiger partial charge is 0.0879 e. The zero-order valence-electron chi connectivity index (χ0n) is 8.65. The summed E-state index contributed by atoms with van der Waals surface area (Å²) in [5.41, 5.74) is 0.943. The lowest BCUT2D eigenvalue weighted by Crippen LogP contribution is -2.22. The second-order valence-corrected chi connectivity index (χ2v) is 13.0. The minimum Gasteiger partial charge on any atom is -0.0879 e. The van der Waals surface area contributed by atoms with Gasteiger partial charge in [0.15, 0.2) is 0 Å². The van der Waals surface area contributed by atoms with Crippen LogP contribution in [0.1, 0.15) is 25.7 Å². The Morgan fingerprint density at radius 3 is 1.69 bits per heavy atom. The third-order valence-electron chi connectivity index (χ3n) is 5.66. The molecule has 4 rings (SSSR count). The van der Waals surface area contributed by atoms with E-state index in [1.165, 1.54) is 25.7 Å². The zero-order valence-corrected chi connectivity index (χ0v) is 15.0. The molecule has 4 atom stereocenters. The van der Waals surface area contributed by atoms with Crippen LogP contribution in [0.15, 0.2) is 12.2 Å². The fraction of sp³-hybridized carbons (Fsp3) is 0.833. The van der Waals surface area contributed by atoms with Crippen molar-refractivity contribution < 1.29 is 0 Å². The molecule has 0 N–H and O–H groups in total. The molecule has 0 heterocycles. The van der Waals surface area contributed by atoms with Gasteiger partial charge in [-0.2, -0.15) is 0 Å². The summed E-state index contributed by atoms with van der Waals surface area (Å²) in [7, 11) is 0. The molecule has 4 aliphatic rings. The molecule has 0 aromatic carbocycles. The second-order valence-electron chi connectivity index (χ2n) is 5.91. The van der Waals surface area contributed by atoms with Gasteiger partial charge in [0.05, 0.1) is 6.47 Å². The van der Waals surface area contributed by atoms with E-state index in [2.05, 4.69) is 75.9 Å². The number of rotatable bonds is 0. The van der Waals surface area contributed by atoms with Gasteiger partial charge in [0.1, 0.15) is 0 Å². The lowest BCUT2D eigenvalue weighted by molar-refractivity contribution is 0.221. The van der Waals surface area contributed by atoms with Crippen molar-refractivity contribution in [3.8, 4) is 0 Å². The quantitative estimate of drug-likeness (QED) is 0.328. The highest BCUT2D eigenvalue weighted by molar-refractivity contribution is 9.26. The third kappa shape index (κ3) is 0.946. The zero-order chi connectivity index (χ0) is 11.4. The number of halogens is 4. The van der Waals surface area contributed by atoms with E-state index in [0.717, 1.165) is 11.8 Å². The van der Waals surface area contributed by atoms with Crippen molar-refractivity contribution in [3.05, 3.63) is 12.2 Å². The largest absolute Gasteiger partial charge is 0.0935 e. The highest BCUT2D eigenvalue weighted by atomic mass is 79.9. The van der Waals surface area contributed by atoms with E-state index in [-0.39, 0.29) is 6.47 Å². The van der Waals surface area contributed by atoms with E-state index in [4.69, 9.17) is 0 Å². The van der Waals surface area contributed by atoms with Crippen LogP contribution in [0.25, 0.3) is 0 Å². The Labute approximate surface area is 130 Å². The van der Waals surface area contributed by atoms with Crippen molar-refractivity contribution in [3.63, 3.8) is 0 Å². The Morgan fingerprint density at radius 1 is 0.812 bits per heavy atom. The molecule has 0 nitrogen and oxygen atoms in total. The monoisotopic (exact) mass is 472 g/mol. The summed E-state index contributed by atoms with van der Waals surface area (Å²) in [6, 6.07) is 0. The fourth-order valence-electron chi connectivity index (χ4n) is 4.54. The molecular weight excluding hydrogens is 464 g/mol. The maximum atomic E-state index is 3.99. The highest BCUT2D eigenvalue weighted by Crippen LogP contribution is 2.93. The van der Waals surface area contributed by atoms with Gasteiger partial charge in [0, 0.05) is 10.8 Å². The standard InChI is InChI=1S/C12H12Br4/c13-11(14)7-5-9-3-1-2-4-10(9,6-8(7)11)12(9,15)16/h1-2,7-8H,3-6H2. The molecule has 4 heteroatoms. The second kappa shape index (κ2) is 2.88. The number of alkyl halides is 4. The molecule has 0 saturated heterocycles. The summed E-state index contributed by atoms with van der Waals surface area (Å²) in [5, 5.41) is 0. The SMILES string of the molecule is BrC1(Br)C2CC34CC=CCC3(CC21)C4(Br)Br. The average molecular weight is 476 g/mol. The Hall–Kier alpha value is 1.66. The first-order chi connectivity index (χ1) is 7.39. The first-order valence-electron chi connectivity index (χ1n) is 5.80. The van der Waals surface area contributed by atoms with Crippen LogP contribution in [0.4, 0.5) is 0 Å². The third-order valence-corrected chi connectivity index (χ3v) is 11.0. The molecule has 16 heavy (non-hydrogen) atoms. The van der Waals surface area contributed by atoms with Crippen molar-refractivity contribution in [1.29, 1.82) is 0 Å². The molecule has 4 aliphatic carbocycles.